The van der Waals surface area contributed by atoms with Gasteiger partial charge in [-0.15, -0.1) is 0 Å². The quantitative estimate of drug-likeness (QED) is 0.323. The van der Waals surface area contributed by atoms with Crippen molar-refractivity contribution in [2.75, 3.05) is 0 Å². The summed E-state index contributed by atoms with van der Waals surface area (Å²) < 4.78 is 7.02. The van der Waals surface area contributed by atoms with Gasteiger partial charge in [0.15, 0.2) is 11.5 Å². The zero-order valence-corrected chi connectivity index (χ0v) is 19.5. The number of aromatic nitrogens is 1. The number of aliphatic carboxylic acids is 1. The van der Waals surface area contributed by atoms with Crippen LogP contribution in [-0.2, 0) is 30.8 Å². The van der Waals surface area contributed by atoms with E-state index >= 15 is 0 Å². The maximum atomic E-state index is 13.2. The molecule has 36 heavy (non-hydrogen) atoms. The van der Waals surface area contributed by atoms with Crippen LogP contribution in [-0.4, -0.2) is 21.6 Å². The Morgan fingerprint density at radius 2 is 1.31 bits per heavy atom. The van der Waals surface area contributed by atoms with E-state index < -0.39 is 11.4 Å². The molecule has 0 atom stereocenters. The molecule has 1 aromatic heterocycles. The van der Waals surface area contributed by atoms with Gasteiger partial charge in [-0.3, -0.25) is 14.4 Å². The molecular formula is C29H25NO6. The third-order valence-corrected chi connectivity index (χ3v) is 5.43. The van der Waals surface area contributed by atoms with Gasteiger partial charge in [0.2, 0.25) is 5.43 Å². The Kier molecular flexibility index (Phi) is 7.93. The number of Topliss-reactive ketones (excluding diaryl/α,β-unsaturated/α-hetero) is 1. The molecule has 0 aliphatic rings. The summed E-state index contributed by atoms with van der Waals surface area (Å²) in [5, 5.41) is 9.05. The summed E-state index contributed by atoms with van der Waals surface area (Å²) in [6.45, 7) is 0.370. The number of hydrogen-bond acceptors (Lipinski definition) is 5. The van der Waals surface area contributed by atoms with Crippen LogP contribution >= 0.6 is 0 Å². The highest BCUT2D eigenvalue weighted by molar-refractivity contribution is 5.96. The summed E-state index contributed by atoms with van der Waals surface area (Å²) in [5.41, 5.74) is 2.67. The van der Waals surface area contributed by atoms with Crippen LogP contribution < -0.4 is 15.0 Å². The SMILES string of the molecule is O=C(O)Cc1cccc(CC(=O)c2cc(=O)c(OCc3ccccc3)cn2OCc2ccccc2)c1. The lowest BCUT2D eigenvalue weighted by Crippen LogP contribution is -2.24. The van der Waals surface area contributed by atoms with Crippen molar-refractivity contribution in [2.45, 2.75) is 26.1 Å². The molecule has 1 N–H and O–H groups in total. The van der Waals surface area contributed by atoms with E-state index in [4.69, 9.17) is 14.7 Å². The summed E-state index contributed by atoms with van der Waals surface area (Å²) >= 11 is 0. The van der Waals surface area contributed by atoms with Crippen molar-refractivity contribution >= 4 is 11.8 Å². The zero-order chi connectivity index (χ0) is 25.3. The van der Waals surface area contributed by atoms with E-state index in [9.17, 15) is 14.4 Å². The summed E-state index contributed by atoms with van der Waals surface area (Å²) in [5.74, 6) is -1.23. The van der Waals surface area contributed by atoms with Crippen LogP contribution in [0.25, 0.3) is 0 Å². The van der Waals surface area contributed by atoms with Gasteiger partial charge in [-0.1, -0.05) is 84.9 Å². The van der Waals surface area contributed by atoms with E-state index in [-0.39, 0.29) is 43.3 Å². The number of carbonyl (C=O) groups is 2. The number of ketones is 1. The van der Waals surface area contributed by atoms with E-state index in [1.165, 1.54) is 17.0 Å². The molecule has 1 heterocycles. The number of nitrogens with zero attached hydrogens (tertiary/aromatic N) is 1. The normalized spacial score (nSPS) is 10.6. The lowest BCUT2D eigenvalue weighted by molar-refractivity contribution is -0.136. The molecule has 0 saturated heterocycles. The number of carboxylic acids is 1. The van der Waals surface area contributed by atoms with E-state index in [1.54, 1.807) is 24.3 Å². The number of carbonyl (C=O) groups excluding carboxylic acids is 1. The van der Waals surface area contributed by atoms with Gasteiger partial charge >= 0.3 is 5.97 Å². The molecule has 4 rings (SSSR count). The first-order valence-corrected chi connectivity index (χ1v) is 11.4. The van der Waals surface area contributed by atoms with Gasteiger partial charge in [0.25, 0.3) is 0 Å². The average Bonchev–Trinajstić information content (AvgIpc) is 2.88. The van der Waals surface area contributed by atoms with Crippen LogP contribution in [0.4, 0.5) is 0 Å². The third-order valence-electron chi connectivity index (χ3n) is 5.43. The van der Waals surface area contributed by atoms with Crippen LogP contribution in [0.15, 0.2) is 102 Å². The van der Waals surface area contributed by atoms with Crippen molar-refractivity contribution in [3.63, 3.8) is 0 Å². The fourth-order valence-corrected chi connectivity index (χ4v) is 3.67. The highest BCUT2D eigenvalue weighted by atomic mass is 16.7. The van der Waals surface area contributed by atoms with Gasteiger partial charge in [-0.25, -0.2) is 0 Å². The zero-order valence-electron chi connectivity index (χ0n) is 19.5. The van der Waals surface area contributed by atoms with Crippen LogP contribution in [0.2, 0.25) is 0 Å². The molecule has 0 unspecified atom stereocenters. The summed E-state index contributed by atoms with van der Waals surface area (Å²) in [4.78, 5) is 43.0. The molecule has 0 saturated carbocycles. The number of pyridine rings is 1. The van der Waals surface area contributed by atoms with Crippen molar-refractivity contribution in [2.24, 2.45) is 0 Å². The van der Waals surface area contributed by atoms with Gasteiger partial charge in [-0.05, 0) is 22.3 Å². The second kappa shape index (κ2) is 11.7. The van der Waals surface area contributed by atoms with Crippen molar-refractivity contribution < 1.29 is 24.3 Å². The highest BCUT2D eigenvalue weighted by Gasteiger charge is 2.17. The fourth-order valence-electron chi connectivity index (χ4n) is 3.67. The molecule has 7 heteroatoms. The molecule has 0 amide bonds. The van der Waals surface area contributed by atoms with E-state index in [0.29, 0.717) is 11.1 Å². The van der Waals surface area contributed by atoms with Gasteiger partial charge in [0.1, 0.15) is 18.9 Å². The molecule has 7 nitrogen and oxygen atoms in total. The van der Waals surface area contributed by atoms with E-state index in [0.717, 1.165) is 11.1 Å². The molecule has 0 bridgehead atoms. The van der Waals surface area contributed by atoms with Gasteiger partial charge in [0, 0.05) is 12.5 Å². The van der Waals surface area contributed by atoms with Gasteiger partial charge in [-0.2, -0.15) is 4.73 Å². The molecular weight excluding hydrogens is 458 g/mol. The minimum atomic E-state index is -0.951. The molecule has 4 aromatic rings. The second-order valence-corrected chi connectivity index (χ2v) is 8.24. The predicted octanol–water partition coefficient (Wildman–Crippen LogP) is 4.11. The Bertz CT molecular complexity index is 1400. The monoisotopic (exact) mass is 483 g/mol. The number of ether oxygens (including phenoxy) is 1. The Morgan fingerprint density at radius 1 is 0.722 bits per heavy atom. The molecule has 0 aliphatic carbocycles. The van der Waals surface area contributed by atoms with Crippen molar-refractivity contribution in [3.8, 4) is 5.75 Å². The number of rotatable bonds is 11. The van der Waals surface area contributed by atoms with Crippen LogP contribution in [0.1, 0.15) is 32.7 Å². The van der Waals surface area contributed by atoms with Gasteiger partial charge in [0.05, 0.1) is 12.6 Å². The summed E-state index contributed by atoms with van der Waals surface area (Å²) in [7, 11) is 0. The van der Waals surface area contributed by atoms with Crippen LogP contribution in [0.5, 0.6) is 5.75 Å². The fraction of sp³-hybridized carbons (Fsp3) is 0.138. The number of hydrogen-bond donors (Lipinski definition) is 1. The Labute approximate surface area is 208 Å². The minimum Gasteiger partial charge on any atom is -0.483 e. The first-order chi connectivity index (χ1) is 17.5. The molecule has 0 fully saturated rings. The maximum absolute atomic E-state index is 13.2. The van der Waals surface area contributed by atoms with Gasteiger partial charge < -0.3 is 14.7 Å². The van der Waals surface area contributed by atoms with E-state index in [1.807, 2.05) is 60.7 Å². The molecule has 0 radical (unpaired) electrons. The predicted molar refractivity (Wildman–Crippen MR) is 134 cm³/mol. The largest absolute Gasteiger partial charge is 0.483 e. The average molecular weight is 484 g/mol. The Morgan fingerprint density at radius 3 is 1.94 bits per heavy atom. The number of carboxylic acid groups (broad SMARTS) is 1. The van der Waals surface area contributed by atoms with Crippen molar-refractivity contribution in [1.29, 1.82) is 0 Å². The van der Waals surface area contributed by atoms with Crippen molar-refractivity contribution in [3.05, 3.63) is 135 Å². The Hall–Kier alpha value is -4.65. The Balaban J connectivity index is 1.59. The first kappa shape index (κ1) is 24.5. The second-order valence-electron chi connectivity index (χ2n) is 8.24. The first-order valence-electron chi connectivity index (χ1n) is 11.4. The standard InChI is InChI=1S/C29H25NO6/c31-26(15-23-12-7-13-24(14-23)16-29(33)34)25-17-27(32)28(35-19-21-8-3-1-4-9-21)18-30(25)36-20-22-10-5-2-6-11-22/h1-14,17-18H,15-16,19-20H2,(H,33,34). The van der Waals surface area contributed by atoms with Crippen LogP contribution in [0.3, 0.4) is 0 Å². The molecule has 3 aromatic carbocycles. The molecule has 0 spiro atoms. The number of benzene rings is 3. The highest BCUT2D eigenvalue weighted by Crippen LogP contribution is 2.14. The third kappa shape index (κ3) is 6.70. The molecule has 182 valence electrons. The lowest BCUT2D eigenvalue weighted by Gasteiger charge is -2.16. The topological polar surface area (TPSA) is 94.8 Å². The maximum Gasteiger partial charge on any atom is 0.307 e. The summed E-state index contributed by atoms with van der Waals surface area (Å²) in [6, 6.07) is 26.9. The molecule has 0 aliphatic heterocycles. The minimum absolute atomic E-state index is 0.0220. The van der Waals surface area contributed by atoms with E-state index in [2.05, 4.69) is 0 Å². The summed E-state index contributed by atoms with van der Waals surface area (Å²) in [6.07, 6.45) is 1.23. The smallest absolute Gasteiger partial charge is 0.307 e. The van der Waals surface area contributed by atoms with Crippen LogP contribution in [0, 0.1) is 0 Å². The lowest BCUT2D eigenvalue weighted by atomic mass is 10.0. The van der Waals surface area contributed by atoms with Crippen molar-refractivity contribution in [1.82, 2.24) is 4.73 Å².